The van der Waals surface area contributed by atoms with Crippen LogP contribution in [0.3, 0.4) is 0 Å². The van der Waals surface area contributed by atoms with Crippen LogP contribution in [-0.4, -0.2) is 24.1 Å². The molecule has 1 N–H and O–H groups in total. The maximum Gasteiger partial charge on any atom is 0.264 e. The predicted molar refractivity (Wildman–Crippen MR) is 68.7 cm³/mol. The summed E-state index contributed by atoms with van der Waals surface area (Å²) in [4.78, 5) is 0. The van der Waals surface area contributed by atoms with Crippen LogP contribution in [-0.2, 0) is 10.1 Å². The average Bonchev–Trinajstić information content (AvgIpc) is 2.19. The lowest BCUT2D eigenvalue weighted by Gasteiger charge is -2.07. The van der Waals surface area contributed by atoms with Gasteiger partial charge in [0.25, 0.3) is 10.1 Å². The fraction of sp³-hybridized carbons (Fsp3) is 1.00. The number of hydrogen-bond acceptors (Lipinski definition) is 2. The van der Waals surface area contributed by atoms with Crippen LogP contribution in [0.1, 0.15) is 58.3 Å². The van der Waals surface area contributed by atoms with E-state index in [9.17, 15) is 8.42 Å². The van der Waals surface area contributed by atoms with Crippen molar-refractivity contribution in [2.24, 2.45) is 0 Å². The maximum atomic E-state index is 10.5. The second-order valence-electron chi connectivity index (χ2n) is 4.23. The third-order valence-corrected chi connectivity index (χ3v) is 3.75. The Bertz CT molecular complexity index is 252. The van der Waals surface area contributed by atoms with Crippen LogP contribution in [0.2, 0.25) is 0 Å². The fourth-order valence-electron chi connectivity index (χ4n) is 1.57. The van der Waals surface area contributed by atoms with Gasteiger partial charge in [0.1, 0.15) is 0 Å². The van der Waals surface area contributed by atoms with Crippen LogP contribution < -0.4 is 0 Å². The molecule has 0 aliphatic heterocycles. The highest BCUT2D eigenvalue weighted by Crippen LogP contribution is 2.14. The lowest BCUT2D eigenvalue weighted by Crippen LogP contribution is -2.10. The molecule has 16 heavy (non-hydrogen) atoms. The van der Waals surface area contributed by atoms with E-state index in [0.717, 1.165) is 19.3 Å². The van der Waals surface area contributed by atoms with Crippen molar-refractivity contribution < 1.29 is 13.0 Å². The third kappa shape index (κ3) is 12.3. The Morgan fingerprint density at radius 1 is 1.06 bits per heavy atom. The summed E-state index contributed by atoms with van der Waals surface area (Å²) in [7, 11) is -3.85. The molecule has 1 atom stereocenters. The van der Waals surface area contributed by atoms with Crippen molar-refractivity contribution in [2.45, 2.75) is 63.7 Å². The molecule has 0 aromatic heterocycles. The smallest absolute Gasteiger partial charge is 0.264 e. The zero-order valence-corrected chi connectivity index (χ0v) is 11.6. The van der Waals surface area contributed by atoms with Gasteiger partial charge in [0.2, 0.25) is 0 Å². The van der Waals surface area contributed by atoms with Gasteiger partial charge >= 0.3 is 0 Å². The number of unbranched alkanes of at least 4 members (excludes halogenated alkanes) is 5. The lowest BCUT2D eigenvalue weighted by molar-refractivity contribution is 0.478. The van der Waals surface area contributed by atoms with Crippen molar-refractivity contribution in [3.05, 3.63) is 0 Å². The van der Waals surface area contributed by atoms with E-state index in [4.69, 9.17) is 16.2 Å². The van der Waals surface area contributed by atoms with E-state index in [1.165, 1.54) is 25.7 Å². The highest BCUT2D eigenvalue weighted by Gasteiger charge is 2.10. The molecule has 0 radical (unpaired) electrons. The molecule has 0 saturated heterocycles. The van der Waals surface area contributed by atoms with Crippen molar-refractivity contribution in [2.75, 3.05) is 5.75 Å². The zero-order valence-electron chi connectivity index (χ0n) is 9.99. The largest absolute Gasteiger partial charge is 0.286 e. The minimum Gasteiger partial charge on any atom is -0.286 e. The molecule has 0 amide bonds. The van der Waals surface area contributed by atoms with Gasteiger partial charge < -0.3 is 0 Å². The Labute approximate surface area is 104 Å². The Balaban J connectivity index is 3.34. The lowest BCUT2D eigenvalue weighted by atomic mass is 10.1. The quantitative estimate of drug-likeness (QED) is 0.375. The van der Waals surface area contributed by atoms with Gasteiger partial charge in [-0.25, -0.2) is 0 Å². The minimum absolute atomic E-state index is 0.131. The molecule has 0 aliphatic rings. The Morgan fingerprint density at radius 2 is 1.62 bits per heavy atom. The van der Waals surface area contributed by atoms with Crippen LogP contribution in [0.15, 0.2) is 0 Å². The monoisotopic (exact) mass is 270 g/mol. The van der Waals surface area contributed by atoms with Crippen LogP contribution in [0.25, 0.3) is 0 Å². The van der Waals surface area contributed by atoms with Gasteiger partial charge in [-0.05, 0) is 12.8 Å². The summed E-state index contributed by atoms with van der Waals surface area (Å²) in [5.41, 5.74) is 0. The number of alkyl halides is 1. The van der Waals surface area contributed by atoms with E-state index < -0.39 is 10.1 Å². The molecule has 0 rings (SSSR count). The minimum atomic E-state index is -3.85. The Morgan fingerprint density at radius 3 is 2.19 bits per heavy atom. The van der Waals surface area contributed by atoms with E-state index in [-0.39, 0.29) is 11.1 Å². The van der Waals surface area contributed by atoms with Crippen molar-refractivity contribution in [3.63, 3.8) is 0 Å². The predicted octanol–water partition coefficient (Wildman–Crippen LogP) is 3.62. The number of hydrogen-bond donors (Lipinski definition) is 1. The molecular weight excluding hydrogens is 248 g/mol. The summed E-state index contributed by atoms with van der Waals surface area (Å²) in [6, 6.07) is 0. The van der Waals surface area contributed by atoms with Gasteiger partial charge in [0, 0.05) is 5.38 Å². The maximum absolute atomic E-state index is 10.5. The molecule has 0 saturated carbocycles. The van der Waals surface area contributed by atoms with Gasteiger partial charge in [0.05, 0.1) is 5.75 Å². The Hall–Kier alpha value is 0.200. The third-order valence-electron chi connectivity index (χ3n) is 2.56. The molecule has 5 heteroatoms. The summed E-state index contributed by atoms with van der Waals surface area (Å²) in [6.07, 6.45) is 8.42. The molecule has 0 aliphatic carbocycles. The average molecular weight is 271 g/mol. The number of rotatable bonds is 10. The topological polar surface area (TPSA) is 54.4 Å². The van der Waals surface area contributed by atoms with Gasteiger partial charge in [-0.3, -0.25) is 4.55 Å². The molecule has 0 aromatic rings. The summed E-state index contributed by atoms with van der Waals surface area (Å²) < 4.78 is 29.5. The second kappa shape index (κ2) is 9.25. The van der Waals surface area contributed by atoms with Crippen LogP contribution >= 0.6 is 11.6 Å². The molecule has 0 fully saturated rings. The van der Waals surface area contributed by atoms with E-state index in [2.05, 4.69) is 6.92 Å². The highest BCUT2D eigenvalue weighted by molar-refractivity contribution is 7.85. The summed E-state index contributed by atoms with van der Waals surface area (Å²) in [5.74, 6) is -0.225. The molecular formula is C11H23ClO3S. The summed E-state index contributed by atoms with van der Waals surface area (Å²) in [6.45, 7) is 2.18. The van der Waals surface area contributed by atoms with E-state index in [0.29, 0.717) is 6.42 Å². The SMILES string of the molecule is CCCCCCCCC(Cl)CCS(=O)(=O)O. The van der Waals surface area contributed by atoms with Crippen LogP contribution in [0.4, 0.5) is 0 Å². The molecule has 1 unspecified atom stereocenters. The summed E-state index contributed by atoms with van der Waals surface area (Å²) in [5, 5.41) is -0.131. The fourth-order valence-corrected chi connectivity index (χ4v) is 2.54. The zero-order chi connectivity index (χ0) is 12.4. The van der Waals surface area contributed by atoms with Gasteiger partial charge in [0.15, 0.2) is 0 Å². The van der Waals surface area contributed by atoms with Crippen molar-refractivity contribution in [1.29, 1.82) is 0 Å². The van der Waals surface area contributed by atoms with E-state index in [1.54, 1.807) is 0 Å². The van der Waals surface area contributed by atoms with Crippen molar-refractivity contribution in [1.82, 2.24) is 0 Å². The molecule has 98 valence electrons. The van der Waals surface area contributed by atoms with Crippen molar-refractivity contribution >= 4 is 21.7 Å². The molecule has 0 bridgehead atoms. The first-order valence-electron chi connectivity index (χ1n) is 6.05. The van der Waals surface area contributed by atoms with Crippen LogP contribution in [0, 0.1) is 0 Å². The highest BCUT2D eigenvalue weighted by atomic mass is 35.5. The molecule has 0 heterocycles. The second-order valence-corrected chi connectivity index (χ2v) is 6.42. The normalized spacial score (nSPS) is 13.9. The van der Waals surface area contributed by atoms with Gasteiger partial charge in [-0.15, -0.1) is 11.6 Å². The molecule has 3 nitrogen and oxygen atoms in total. The molecule has 0 spiro atoms. The first-order chi connectivity index (χ1) is 7.45. The Kier molecular flexibility index (Phi) is 9.37. The van der Waals surface area contributed by atoms with Gasteiger partial charge in [-0.1, -0.05) is 45.4 Å². The molecule has 0 aromatic carbocycles. The van der Waals surface area contributed by atoms with E-state index in [1.807, 2.05) is 0 Å². The van der Waals surface area contributed by atoms with Crippen molar-refractivity contribution in [3.8, 4) is 0 Å². The first kappa shape index (κ1) is 16.2. The standard InChI is InChI=1S/C11H23ClO3S/c1-2-3-4-5-6-7-8-11(12)9-10-16(13,14)15/h11H,2-10H2,1H3,(H,13,14,15). The van der Waals surface area contributed by atoms with Gasteiger partial charge in [-0.2, -0.15) is 8.42 Å². The summed E-state index contributed by atoms with van der Waals surface area (Å²) >= 11 is 5.95. The van der Waals surface area contributed by atoms with E-state index >= 15 is 0 Å². The first-order valence-corrected chi connectivity index (χ1v) is 8.09. The number of halogens is 1. The van der Waals surface area contributed by atoms with Crippen LogP contribution in [0.5, 0.6) is 0 Å².